The number of amides is 1. The predicted octanol–water partition coefficient (Wildman–Crippen LogP) is 1.55. The third kappa shape index (κ3) is 1.92. The van der Waals surface area contributed by atoms with E-state index in [-0.39, 0.29) is 11.4 Å². The summed E-state index contributed by atoms with van der Waals surface area (Å²) in [4.78, 5) is 10.8. The summed E-state index contributed by atoms with van der Waals surface area (Å²) >= 11 is 1.76. The second-order valence-electron chi connectivity index (χ2n) is 2.07. The molecule has 1 rings (SSSR count). The topological polar surface area (TPSA) is 49.3 Å². The number of hydrogen-bond acceptors (Lipinski definition) is 2. The van der Waals surface area contributed by atoms with Crippen LogP contribution in [0.3, 0.4) is 0 Å². The molecule has 0 radical (unpaired) electrons. The molecule has 0 atom stereocenters. The highest BCUT2D eigenvalue weighted by Gasteiger charge is 2.06. The normalized spacial score (nSPS) is 9.58. The molecule has 0 bridgehead atoms. The first kappa shape index (κ1) is 9.40. The van der Waals surface area contributed by atoms with Crippen molar-refractivity contribution in [3.8, 4) is 0 Å². The molecule has 1 aromatic carbocycles. The van der Waals surface area contributed by atoms with Crippen LogP contribution in [-0.2, 0) is 0 Å². The third-order valence-electron chi connectivity index (χ3n) is 1.28. The maximum atomic E-state index is 12.7. The Bertz CT molecular complexity index is 316. The van der Waals surface area contributed by atoms with Crippen LogP contribution in [0.5, 0.6) is 0 Å². The average molecular weight is 281 g/mol. The third-order valence-corrected chi connectivity index (χ3v) is 2.11. The fourth-order valence-corrected chi connectivity index (χ4v) is 1.22. The SMILES string of the molecule is O=C(NO)c1ccc(F)c(I)c1. The molecule has 0 aliphatic rings. The van der Waals surface area contributed by atoms with Gasteiger partial charge in [0.1, 0.15) is 5.82 Å². The number of hydroxylamine groups is 1. The average Bonchev–Trinajstić information content (AvgIpc) is 2.08. The molecule has 0 heterocycles. The van der Waals surface area contributed by atoms with E-state index in [0.717, 1.165) is 0 Å². The zero-order chi connectivity index (χ0) is 9.14. The second-order valence-corrected chi connectivity index (χ2v) is 3.23. The van der Waals surface area contributed by atoms with E-state index in [1.165, 1.54) is 23.7 Å². The van der Waals surface area contributed by atoms with E-state index >= 15 is 0 Å². The lowest BCUT2D eigenvalue weighted by Crippen LogP contribution is -2.18. The van der Waals surface area contributed by atoms with Crippen molar-refractivity contribution in [1.29, 1.82) is 0 Å². The largest absolute Gasteiger partial charge is 0.288 e. The van der Waals surface area contributed by atoms with E-state index in [1.807, 2.05) is 0 Å². The number of carbonyl (C=O) groups is 1. The van der Waals surface area contributed by atoms with E-state index in [9.17, 15) is 9.18 Å². The van der Waals surface area contributed by atoms with Gasteiger partial charge in [-0.1, -0.05) is 0 Å². The number of halogens is 2. The summed E-state index contributed by atoms with van der Waals surface area (Å²) in [7, 11) is 0. The molecule has 0 saturated carbocycles. The van der Waals surface area contributed by atoms with Crippen molar-refractivity contribution in [3.05, 3.63) is 33.1 Å². The summed E-state index contributed by atoms with van der Waals surface area (Å²) in [6, 6.07) is 3.82. The lowest BCUT2D eigenvalue weighted by molar-refractivity contribution is 0.0706. The van der Waals surface area contributed by atoms with E-state index in [0.29, 0.717) is 3.57 Å². The van der Waals surface area contributed by atoms with Gasteiger partial charge < -0.3 is 0 Å². The Labute approximate surface area is 81.7 Å². The molecular formula is C7H5FINO2. The standard InChI is InChI=1S/C7H5FINO2/c8-5-2-1-4(3-6(5)9)7(11)10-12/h1-3,12H,(H,10,11). The van der Waals surface area contributed by atoms with Crippen LogP contribution in [0.1, 0.15) is 10.4 Å². The zero-order valence-corrected chi connectivity index (χ0v) is 8.00. The van der Waals surface area contributed by atoms with Crippen molar-refractivity contribution < 1.29 is 14.4 Å². The van der Waals surface area contributed by atoms with Gasteiger partial charge in [-0.25, -0.2) is 9.87 Å². The molecule has 12 heavy (non-hydrogen) atoms. The quantitative estimate of drug-likeness (QED) is 0.466. The van der Waals surface area contributed by atoms with Crippen LogP contribution in [0, 0.1) is 9.39 Å². The zero-order valence-electron chi connectivity index (χ0n) is 5.84. The summed E-state index contributed by atoms with van der Waals surface area (Å²) in [5.74, 6) is -1.03. The molecule has 2 N–H and O–H groups in total. The molecule has 3 nitrogen and oxygen atoms in total. The molecule has 0 spiro atoms. The Balaban J connectivity index is 3.05. The van der Waals surface area contributed by atoms with Gasteiger partial charge in [0.25, 0.3) is 5.91 Å². The van der Waals surface area contributed by atoms with Crippen molar-refractivity contribution in [1.82, 2.24) is 5.48 Å². The summed E-state index contributed by atoms with van der Waals surface area (Å²) in [6.07, 6.45) is 0. The van der Waals surface area contributed by atoms with Crippen LogP contribution in [0.2, 0.25) is 0 Å². The first-order valence-corrected chi connectivity index (χ1v) is 4.12. The monoisotopic (exact) mass is 281 g/mol. The molecule has 5 heteroatoms. The summed E-state index contributed by atoms with van der Waals surface area (Å²) in [5.41, 5.74) is 1.69. The van der Waals surface area contributed by atoms with Crippen LogP contribution >= 0.6 is 22.6 Å². The van der Waals surface area contributed by atoms with Gasteiger partial charge in [0.2, 0.25) is 0 Å². The molecule has 0 aliphatic carbocycles. The highest BCUT2D eigenvalue weighted by molar-refractivity contribution is 14.1. The van der Waals surface area contributed by atoms with Gasteiger partial charge in [-0.15, -0.1) is 0 Å². The lowest BCUT2D eigenvalue weighted by Gasteiger charge is -1.99. The predicted molar refractivity (Wildman–Crippen MR) is 48.4 cm³/mol. The molecule has 0 unspecified atom stereocenters. The number of rotatable bonds is 1. The van der Waals surface area contributed by atoms with Crippen LogP contribution in [0.25, 0.3) is 0 Å². The minimum atomic E-state index is -0.645. The number of nitrogens with one attached hydrogen (secondary N) is 1. The first-order chi connectivity index (χ1) is 5.65. The maximum absolute atomic E-state index is 12.7. The second kappa shape index (κ2) is 3.81. The van der Waals surface area contributed by atoms with Gasteiger partial charge in [0.15, 0.2) is 0 Å². The highest BCUT2D eigenvalue weighted by Crippen LogP contribution is 2.12. The van der Waals surface area contributed by atoms with Crippen molar-refractivity contribution in [3.63, 3.8) is 0 Å². The Morgan fingerprint density at radius 2 is 2.25 bits per heavy atom. The van der Waals surface area contributed by atoms with E-state index in [1.54, 1.807) is 22.6 Å². The van der Waals surface area contributed by atoms with E-state index < -0.39 is 5.91 Å². The highest BCUT2D eigenvalue weighted by atomic mass is 127. The molecule has 0 aliphatic heterocycles. The first-order valence-electron chi connectivity index (χ1n) is 3.04. The fraction of sp³-hybridized carbons (Fsp3) is 0. The Kier molecular flexibility index (Phi) is 2.99. The van der Waals surface area contributed by atoms with Crippen LogP contribution < -0.4 is 5.48 Å². The molecule has 1 amide bonds. The van der Waals surface area contributed by atoms with E-state index in [2.05, 4.69) is 0 Å². The Hall–Kier alpha value is -0.690. The van der Waals surface area contributed by atoms with Gasteiger partial charge in [0.05, 0.1) is 0 Å². The number of benzene rings is 1. The Morgan fingerprint density at radius 3 is 2.75 bits per heavy atom. The molecule has 64 valence electrons. The maximum Gasteiger partial charge on any atom is 0.274 e. The van der Waals surface area contributed by atoms with Gasteiger partial charge in [-0.2, -0.15) is 0 Å². The summed E-state index contributed by atoms with van der Waals surface area (Å²) in [5, 5.41) is 8.25. The smallest absolute Gasteiger partial charge is 0.274 e. The van der Waals surface area contributed by atoms with Gasteiger partial charge >= 0.3 is 0 Å². The molecule has 1 aromatic rings. The van der Waals surface area contributed by atoms with Crippen LogP contribution in [-0.4, -0.2) is 11.1 Å². The van der Waals surface area contributed by atoms with Crippen molar-refractivity contribution in [2.45, 2.75) is 0 Å². The fourth-order valence-electron chi connectivity index (χ4n) is 0.702. The summed E-state index contributed by atoms with van der Waals surface area (Å²) < 4.78 is 13.0. The molecule has 0 fully saturated rings. The van der Waals surface area contributed by atoms with Gasteiger partial charge in [-0.05, 0) is 40.8 Å². The molecular weight excluding hydrogens is 276 g/mol. The van der Waals surface area contributed by atoms with Gasteiger partial charge in [-0.3, -0.25) is 10.0 Å². The lowest BCUT2D eigenvalue weighted by atomic mass is 10.2. The molecule has 0 aromatic heterocycles. The van der Waals surface area contributed by atoms with Gasteiger partial charge in [0, 0.05) is 9.13 Å². The minimum Gasteiger partial charge on any atom is -0.288 e. The number of hydrogen-bond donors (Lipinski definition) is 2. The van der Waals surface area contributed by atoms with Crippen molar-refractivity contribution >= 4 is 28.5 Å². The number of carbonyl (C=O) groups excluding carboxylic acids is 1. The van der Waals surface area contributed by atoms with Crippen molar-refractivity contribution in [2.75, 3.05) is 0 Å². The van der Waals surface area contributed by atoms with Crippen molar-refractivity contribution in [2.24, 2.45) is 0 Å². The minimum absolute atomic E-state index is 0.225. The Morgan fingerprint density at radius 1 is 1.58 bits per heavy atom. The molecule has 0 saturated heterocycles. The van der Waals surface area contributed by atoms with E-state index in [4.69, 9.17) is 5.21 Å². The van der Waals surface area contributed by atoms with Crippen LogP contribution in [0.15, 0.2) is 18.2 Å². The van der Waals surface area contributed by atoms with Crippen LogP contribution in [0.4, 0.5) is 4.39 Å². The summed E-state index contributed by atoms with van der Waals surface area (Å²) in [6.45, 7) is 0.